The topological polar surface area (TPSA) is 64.4 Å². The summed E-state index contributed by atoms with van der Waals surface area (Å²) in [6, 6.07) is -0.0164. The Hall–Kier alpha value is -1.85. The minimum atomic E-state index is -0.357. The molecule has 19 heavy (non-hydrogen) atoms. The van der Waals surface area contributed by atoms with Crippen molar-refractivity contribution in [2.24, 2.45) is 0 Å². The molecule has 0 aromatic carbocycles. The van der Waals surface area contributed by atoms with Gasteiger partial charge in [0.05, 0.1) is 6.61 Å². The van der Waals surface area contributed by atoms with Crippen LogP contribution in [0.25, 0.3) is 0 Å². The molecular weight excluding hydrogens is 246 g/mol. The smallest absolute Gasteiger partial charge is 0.325 e. The van der Waals surface area contributed by atoms with Crippen LogP contribution in [-0.2, 0) is 16.1 Å². The molecule has 0 unspecified atom stereocenters. The summed E-state index contributed by atoms with van der Waals surface area (Å²) in [5.41, 5.74) is -0.192. The van der Waals surface area contributed by atoms with Gasteiger partial charge in [0.2, 0.25) is 0 Å². The third-order valence-corrected chi connectivity index (χ3v) is 2.74. The van der Waals surface area contributed by atoms with Gasteiger partial charge >= 0.3 is 5.97 Å². The molecule has 1 aromatic heterocycles. The molecule has 0 aliphatic carbocycles. The van der Waals surface area contributed by atoms with Gasteiger partial charge in [-0.15, -0.1) is 0 Å². The average molecular weight is 267 g/mol. The van der Waals surface area contributed by atoms with Crippen molar-refractivity contribution in [3.05, 3.63) is 22.7 Å². The van der Waals surface area contributed by atoms with E-state index < -0.39 is 0 Å². The van der Waals surface area contributed by atoms with E-state index in [1.165, 1.54) is 0 Å². The molecule has 0 radical (unpaired) electrons. The highest BCUT2D eigenvalue weighted by Gasteiger charge is 2.20. The number of aryl methyl sites for hydroxylation is 1. The molecule has 1 heterocycles. The maximum Gasteiger partial charge on any atom is 0.325 e. The summed E-state index contributed by atoms with van der Waals surface area (Å²) < 4.78 is 6.48. The van der Waals surface area contributed by atoms with Crippen molar-refractivity contribution in [1.82, 2.24) is 9.55 Å². The van der Waals surface area contributed by atoms with Gasteiger partial charge < -0.3 is 14.2 Å². The van der Waals surface area contributed by atoms with Crippen molar-refractivity contribution in [1.29, 1.82) is 0 Å². The lowest BCUT2D eigenvalue weighted by Crippen LogP contribution is -2.41. The Bertz CT molecular complexity index is 482. The number of nitrogens with zero attached hydrogens (tertiary/aromatic N) is 3. The second-order valence-electron chi connectivity index (χ2n) is 4.37. The third kappa shape index (κ3) is 3.81. The normalized spacial score (nSPS) is 10.6. The van der Waals surface area contributed by atoms with Crippen LogP contribution in [0, 0.1) is 0 Å². The van der Waals surface area contributed by atoms with Crippen LogP contribution in [0.15, 0.2) is 17.2 Å². The van der Waals surface area contributed by atoms with Gasteiger partial charge in [-0.3, -0.25) is 9.59 Å². The van der Waals surface area contributed by atoms with E-state index in [1.54, 1.807) is 28.8 Å². The first-order valence-electron chi connectivity index (χ1n) is 6.48. The molecule has 106 valence electrons. The molecule has 0 fully saturated rings. The molecule has 0 aliphatic heterocycles. The maximum atomic E-state index is 12.2. The Morgan fingerprint density at radius 1 is 1.47 bits per heavy atom. The largest absolute Gasteiger partial charge is 0.465 e. The number of rotatable bonds is 6. The summed E-state index contributed by atoms with van der Waals surface area (Å²) in [7, 11) is 0. The number of anilines is 1. The predicted molar refractivity (Wildman–Crippen MR) is 73.3 cm³/mol. The highest BCUT2D eigenvalue weighted by Crippen LogP contribution is 2.08. The van der Waals surface area contributed by atoms with Gasteiger partial charge in [-0.1, -0.05) is 0 Å². The zero-order chi connectivity index (χ0) is 14.4. The molecule has 0 saturated heterocycles. The van der Waals surface area contributed by atoms with E-state index in [0.717, 1.165) is 0 Å². The summed E-state index contributed by atoms with van der Waals surface area (Å²) in [5.74, 6) is -0.0725. The number of carbonyl (C=O) groups excluding carboxylic acids is 1. The average Bonchev–Trinajstić information content (AvgIpc) is 2.37. The van der Waals surface area contributed by atoms with Crippen LogP contribution >= 0.6 is 0 Å². The molecule has 0 aliphatic rings. The van der Waals surface area contributed by atoms with Crippen molar-refractivity contribution in [2.75, 3.05) is 18.1 Å². The monoisotopic (exact) mass is 267 g/mol. The molecule has 0 saturated carbocycles. The van der Waals surface area contributed by atoms with E-state index in [9.17, 15) is 9.59 Å². The van der Waals surface area contributed by atoms with Crippen molar-refractivity contribution in [3.63, 3.8) is 0 Å². The van der Waals surface area contributed by atoms with E-state index in [2.05, 4.69) is 4.98 Å². The first-order valence-corrected chi connectivity index (χ1v) is 6.48. The van der Waals surface area contributed by atoms with Gasteiger partial charge in [0, 0.05) is 25.0 Å². The van der Waals surface area contributed by atoms with Gasteiger partial charge in [-0.05, 0) is 27.7 Å². The van der Waals surface area contributed by atoms with Crippen molar-refractivity contribution >= 4 is 11.8 Å². The lowest BCUT2D eigenvalue weighted by Gasteiger charge is -2.26. The van der Waals surface area contributed by atoms with Crippen LogP contribution in [-0.4, -0.2) is 34.7 Å². The third-order valence-electron chi connectivity index (χ3n) is 2.74. The Labute approximate surface area is 113 Å². The van der Waals surface area contributed by atoms with Crippen molar-refractivity contribution in [2.45, 2.75) is 40.3 Å². The van der Waals surface area contributed by atoms with E-state index in [0.29, 0.717) is 13.2 Å². The fraction of sp³-hybridized carbons (Fsp3) is 0.615. The molecule has 0 atom stereocenters. The number of hydrogen-bond acceptors (Lipinski definition) is 5. The molecule has 0 amide bonds. The van der Waals surface area contributed by atoms with E-state index in [4.69, 9.17) is 4.74 Å². The lowest BCUT2D eigenvalue weighted by molar-refractivity contribution is -0.141. The van der Waals surface area contributed by atoms with E-state index >= 15 is 0 Å². The Morgan fingerprint density at radius 3 is 2.68 bits per heavy atom. The van der Waals surface area contributed by atoms with Crippen LogP contribution in [0.4, 0.5) is 5.82 Å². The number of ether oxygens (including phenoxy) is 1. The second-order valence-corrected chi connectivity index (χ2v) is 4.37. The van der Waals surface area contributed by atoms with Crippen LogP contribution < -0.4 is 10.5 Å². The summed E-state index contributed by atoms with van der Waals surface area (Å²) >= 11 is 0. The van der Waals surface area contributed by atoms with Crippen LogP contribution in [0.1, 0.15) is 27.7 Å². The zero-order valence-electron chi connectivity index (χ0n) is 11.9. The molecule has 6 heteroatoms. The van der Waals surface area contributed by atoms with Crippen LogP contribution in [0.3, 0.4) is 0 Å². The zero-order valence-corrected chi connectivity index (χ0v) is 11.9. The van der Waals surface area contributed by atoms with Crippen molar-refractivity contribution < 1.29 is 9.53 Å². The predicted octanol–water partition coefficient (Wildman–Crippen LogP) is 1.04. The minimum Gasteiger partial charge on any atom is -0.465 e. The summed E-state index contributed by atoms with van der Waals surface area (Å²) in [5, 5.41) is 0. The standard InChI is InChI=1S/C13H21N3O3/c1-5-15-8-7-14-12(13(15)18)16(10(3)4)9-11(17)19-6-2/h7-8,10H,5-6,9H2,1-4H3. The number of carbonyl (C=O) groups is 1. The van der Waals surface area contributed by atoms with E-state index in [1.807, 2.05) is 20.8 Å². The van der Waals surface area contributed by atoms with Gasteiger partial charge in [-0.2, -0.15) is 0 Å². The van der Waals surface area contributed by atoms with Gasteiger partial charge in [0.1, 0.15) is 6.54 Å². The Kier molecular flexibility index (Phi) is 5.54. The summed E-state index contributed by atoms with van der Waals surface area (Å²) in [6.07, 6.45) is 3.20. The quantitative estimate of drug-likeness (QED) is 0.721. The van der Waals surface area contributed by atoms with Gasteiger partial charge in [0.25, 0.3) is 5.56 Å². The second kappa shape index (κ2) is 6.92. The Morgan fingerprint density at radius 2 is 2.16 bits per heavy atom. The SMILES string of the molecule is CCOC(=O)CN(c1nccn(CC)c1=O)C(C)C. The van der Waals surface area contributed by atoms with Crippen molar-refractivity contribution in [3.8, 4) is 0 Å². The molecular formula is C13H21N3O3. The fourth-order valence-electron chi connectivity index (χ4n) is 1.73. The molecule has 0 N–H and O–H groups in total. The molecule has 0 spiro atoms. The lowest BCUT2D eigenvalue weighted by atomic mass is 10.3. The summed E-state index contributed by atoms with van der Waals surface area (Å²) in [6.45, 7) is 8.37. The highest BCUT2D eigenvalue weighted by atomic mass is 16.5. The van der Waals surface area contributed by atoms with Crippen LogP contribution in [0.2, 0.25) is 0 Å². The van der Waals surface area contributed by atoms with Crippen LogP contribution in [0.5, 0.6) is 0 Å². The maximum absolute atomic E-state index is 12.2. The van der Waals surface area contributed by atoms with E-state index in [-0.39, 0.29) is 29.9 Å². The van der Waals surface area contributed by atoms with Gasteiger partial charge in [-0.25, -0.2) is 4.98 Å². The number of aromatic nitrogens is 2. The molecule has 6 nitrogen and oxygen atoms in total. The fourth-order valence-corrected chi connectivity index (χ4v) is 1.73. The first-order chi connectivity index (χ1) is 9.01. The number of esters is 1. The highest BCUT2D eigenvalue weighted by molar-refractivity contribution is 5.75. The minimum absolute atomic E-state index is 0.0164. The first kappa shape index (κ1) is 15.2. The molecule has 1 aromatic rings. The summed E-state index contributed by atoms with van der Waals surface area (Å²) in [4.78, 5) is 29.6. The molecule has 0 bridgehead atoms. The Balaban J connectivity index is 3.06. The molecule has 1 rings (SSSR count). The van der Waals surface area contributed by atoms with Gasteiger partial charge in [0.15, 0.2) is 5.82 Å². The number of hydrogen-bond donors (Lipinski definition) is 0.